The molecule has 0 saturated carbocycles. The number of hydrogen-bond donors (Lipinski definition) is 2. The maximum atomic E-state index is 12.5. The summed E-state index contributed by atoms with van der Waals surface area (Å²) in [6, 6.07) is 14.4. The van der Waals surface area contributed by atoms with Crippen LogP contribution in [0.4, 0.5) is 5.69 Å². The molecule has 0 fully saturated rings. The maximum absolute atomic E-state index is 12.5. The van der Waals surface area contributed by atoms with Crippen molar-refractivity contribution in [1.29, 1.82) is 0 Å². The molecular weight excluding hydrogens is 304 g/mol. The highest BCUT2D eigenvalue weighted by Crippen LogP contribution is 2.20. The van der Waals surface area contributed by atoms with E-state index in [-0.39, 0.29) is 11.8 Å². The van der Waals surface area contributed by atoms with E-state index in [1.165, 1.54) is 0 Å². The van der Waals surface area contributed by atoms with Crippen LogP contribution in [0.3, 0.4) is 0 Å². The summed E-state index contributed by atoms with van der Waals surface area (Å²) in [7, 11) is 1.61. The van der Waals surface area contributed by atoms with E-state index in [9.17, 15) is 9.59 Å². The number of rotatable bonds is 7. The van der Waals surface area contributed by atoms with Gasteiger partial charge < -0.3 is 15.4 Å². The third-order valence-electron chi connectivity index (χ3n) is 3.45. The molecule has 24 heavy (non-hydrogen) atoms. The van der Waals surface area contributed by atoms with Crippen molar-refractivity contribution in [3.63, 3.8) is 0 Å². The van der Waals surface area contributed by atoms with E-state index >= 15 is 0 Å². The first-order chi connectivity index (χ1) is 11.6. The number of ether oxygens (including phenoxy) is 1. The number of nitrogens with one attached hydrogen (secondary N) is 2. The molecule has 0 bridgehead atoms. The summed E-state index contributed by atoms with van der Waals surface area (Å²) >= 11 is 0. The fourth-order valence-corrected chi connectivity index (χ4v) is 2.17. The van der Waals surface area contributed by atoms with Gasteiger partial charge in [0.05, 0.1) is 18.6 Å². The lowest BCUT2D eigenvalue weighted by Crippen LogP contribution is -2.19. The third-order valence-corrected chi connectivity index (χ3v) is 3.45. The van der Waals surface area contributed by atoms with Crippen molar-refractivity contribution in [3.05, 3.63) is 59.7 Å². The van der Waals surface area contributed by atoms with Crippen LogP contribution in [0.15, 0.2) is 48.5 Å². The van der Waals surface area contributed by atoms with E-state index in [1.54, 1.807) is 37.4 Å². The Hall–Kier alpha value is -2.82. The van der Waals surface area contributed by atoms with Gasteiger partial charge in [-0.2, -0.15) is 0 Å². The number of anilines is 1. The van der Waals surface area contributed by atoms with Crippen LogP contribution in [0.1, 0.15) is 29.3 Å². The van der Waals surface area contributed by atoms with Gasteiger partial charge >= 0.3 is 0 Å². The van der Waals surface area contributed by atoms with Crippen LogP contribution in [0, 0.1) is 0 Å². The molecular formula is C19H22N2O3. The highest BCUT2D eigenvalue weighted by Gasteiger charge is 2.12. The van der Waals surface area contributed by atoms with E-state index < -0.39 is 0 Å². The lowest BCUT2D eigenvalue weighted by Gasteiger charge is -2.11. The average molecular weight is 326 g/mol. The van der Waals surface area contributed by atoms with Crippen molar-refractivity contribution in [2.45, 2.75) is 19.8 Å². The van der Waals surface area contributed by atoms with Crippen LogP contribution in [0.25, 0.3) is 0 Å². The number of carbonyl (C=O) groups is 2. The molecule has 0 heterocycles. The molecule has 5 nitrogen and oxygen atoms in total. The highest BCUT2D eigenvalue weighted by molar-refractivity contribution is 6.06. The molecule has 0 aliphatic heterocycles. The van der Waals surface area contributed by atoms with Crippen molar-refractivity contribution in [2.75, 3.05) is 19.0 Å². The van der Waals surface area contributed by atoms with Gasteiger partial charge in [0.1, 0.15) is 5.75 Å². The Morgan fingerprint density at radius 1 is 1.04 bits per heavy atom. The standard InChI is InChI=1S/C19H22N2O3/c1-3-12-24-17-7-5-4-6-16(17)19(23)21-15-10-8-14(9-11-15)13-18(22)20-2/h4-11H,3,12-13H2,1-2H3,(H,20,22)(H,21,23). The van der Waals surface area contributed by atoms with Crippen molar-refractivity contribution < 1.29 is 14.3 Å². The Bertz CT molecular complexity index is 696. The van der Waals surface area contributed by atoms with Crippen molar-refractivity contribution in [1.82, 2.24) is 5.32 Å². The summed E-state index contributed by atoms with van der Waals surface area (Å²) in [5.74, 6) is 0.308. The second kappa shape index (κ2) is 8.72. The van der Waals surface area contributed by atoms with Gasteiger partial charge in [-0.15, -0.1) is 0 Å². The molecule has 2 aromatic carbocycles. The van der Waals surface area contributed by atoms with Crippen molar-refractivity contribution in [3.8, 4) is 5.75 Å². The molecule has 0 unspecified atom stereocenters. The topological polar surface area (TPSA) is 67.4 Å². The third kappa shape index (κ3) is 4.84. The maximum Gasteiger partial charge on any atom is 0.259 e. The van der Waals surface area contributed by atoms with Gasteiger partial charge in [0.15, 0.2) is 0 Å². The fourth-order valence-electron chi connectivity index (χ4n) is 2.17. The Morgan fingerprint density at radius 2 is 1.75 bits per heavy atom. The smallest absolute Gasteiger partial charge is 0.259 e. The molecule has 0 aromatic heterocycles. The Kier molecular flexibility index (Phi) is 6.37. The zero-order chi connectivity index (χ0) is 17.4. The summed E-state index contributed by atoms with van der Waals surface area (Å²) in [6.45, 7) is 2.58. The van der Waals surface area contributed by atoms with E-state index in [4.69, 9.17) is 4.74 Å². The lowest BCUT2D eigenvalue weighted by atomic mass is 10.1. The first-order valence-corrected chi connectivity index (χ1v) is 7.96. The lowest BCUT2D eigenvalue weighted by molar-refractivity contribution is -0.119. The fraction of sp³-hybridized carbons (Fsp3) is 0.263. The number of carbonyl (C=O) groups excluding carboxylic acids is 2. The Labute approximate surface area is 142 Å². The Morgan fingerprint density at radius 3 is 2.42 bits per heavy atom. The van der Waals surface area contributed by atoms with Crippen LogP contribution >= 0.6 is 0 Å². The number of benzene rings is 2. The number of amides is 2. The minimum Gasteiger partial charge on any atom is -0.493 e. The van der Waals surface area contributed by atoms with Gasteiger partial charge in [-0.25, -0.2) is 0 Å². The second-order valence-corrected chi connectivity index (χ2v) is 5.35. The van der Waals surface area contributed by atoms with E-state index in [0.29, 0.717) is 30.0 Å². The first-order valence-electron chi connectivity index (χ1n) is 7.96. The number of hydrogen-bond acceptors (Lipinski definition) is 3. The summed E-state index contributed by atoms with van der Waals surface area (Å²) in [5.41, 5.74) is 2.06. The van der Waals surface area contributed by atoms with E-state index in [2.05, 4.69) is 10.6 Å². The van der Waals surface area contributed by atoms with Gasteiger partial charge in [-0.05, 0) is 36.2 Å². The minimum atomic E-state index is -0.222. The largest absolute Gasteiger partial charge is 0.493 e. The molecule has 2 aromatic rings. The number of likely N-dealkylation sites (N-methyl/N-ethyl adjacent to an activating group) is 1. The molecule has 0 radical (unpaired) electrons. The van der Waals surface area contributed by atoms with Crippen LogP contribution in [0.2, 0.25) is 0 Å². The zero-order valence-electron chi connectivity index (χ0n) is 14.0. The zero-order valence-corrected chi connectivity index (χ0v) is 14.0. The van der Waals surface area contributed by atoms with Gasteiger partial charge in [0, 0.05) is 12.7 Å². The predicted octanol–water partition coefficient (Wildman–Crippen LogP) is 3.02. The quantitative estimate of drug-likeness (QED) is 0.822. The summed E-state index contributed by atoms with van der Waals surface area (Å²) in [5, 5.41) is 5.43. The van der Waals surface area contributed by atoms with Gasteiger partial charge in [0.25, 0.3) is 5.91 Å². The van der Waals surface area contributed by atoms with E-state index in [1.807, 2.05) is 25.1 Å². The predicted molar refractivity (Wildman–Crippen MR) is 94.4 cm³/mol. The van der Waals surface area contributed by atoms with Crippen LogP contribution < -0.4 is 15.4 Å². The molecule has 0 saturated heterocycles. The summed E-state index contributed by atoms with van der Waals surface area (Å²) < 4.78 is 5.62. The molecule has 2 N–H and O–H groups in total. The summed E-state index contributed by atoms with van der Waals surface area (Å²) in [4.78, 5) is 23.8. The van der Waals surface area contributed by atoms with Gasteiger partial charge in [-0.1, -0.05) is 31.2 Å². The molecule has 0 aliphatic rings. The number of para-hydroxylation sites is 1. The van der Waals surface area contributed by atoms with Crippen LogP contribution in [-0.2, 0) is 11.2 Å². The summed E-state index contributed by atoms with van der Waals surface area (Å²) in [6.07, 6.45) is 1.20. The first kappa shape index (κ1) is 17.5. The molecule has 2 rings (SSSR count). The Balaban J connectivity index is 2.06. The van der Waals surface area contributed by atoms with E-state index in [0.717, 1.165) is 12.0 Å². The molecule has 0 atom stereocenters. The van der Waals surface area contributed by atoms with Crippen molar-refractivity contribution >= 4 is 17.5 Å². The minimum absolute atomic E-state index is 0.0474. The van der Waals surface area contributed by atoms with Crippen LogP contribution in [0.5, 0.6) is 5.75 Å². The normalized spacial score (nSPS) is 10.1. The van der Waals surface area contributed by atoms with Crippen molar-refractivity contribution in [2.24, 2.45) is 0 Å². The highest BCUT2D eigenvalue weighted by atomic mass is 16.5. The van der Waals surface area contributed by atoms with Gasteiger partial charge in [-0.3, -0.25) is 9.59 Å². The second-order valence-electron chi connectivity index (χ2n) is 5.35. The SMILES string of the molecule is CCCOc1ccccc1C(=O)Nc1ccc(CC(=O)NC)cc1. The molecule has 0 aliphatic carbocycles. The van der Waals surface area contributed by atoms with Crippen LogP contribution in [-0.4, -0.2) is 25.5 Å². The van der Waals surface area contributed by atoms with Gasteiger partial charge in [0.2, 0.25) is 5.91 Å². The molecule has 2 amide bonds. The average Bonchev–Trinajstić information content (AvgIpc) is 2.61. The monoisotopic (exact) mass is 326 g/mol. The molecule has 126 valence electrons. The molecule has 5 heteroatoms. The molecule has 0 spiro atoms.